The van der Waals surface area contributed by atoms with Gasteiger partial charge in [0.1, 0.15) is 0 Å². The van der Waals surface area contributed by atoms with Gasteiger partial charge in [0.2, 0.25) is 5.91 Å². The summed E-state index contributed by atoms with van der Waals surface area (Å²) < 4.78 is 0. The van der Waals surface area contributed by atoms with Crippen LogP contribution in [0.2, 0.25) is 0 Å². The van der Waals surface area contributed by atoms with Crippen LogP contribution in [0.3, 0.4) is 0 Å². The van der Waals surface area contributed by atoms with Gasteiger partial charge < -0.3 is 15.3 Å². The number of aliphatic carboxylic acids is 1. The molecule has 0 radical (unpaired) electrons. The first kappa shape index (κ1) is 16.0. The highest BCUT2D eigenvalue weighted by Crippen LogP contribution is 2.09. The molecular weight excluding hydrogens is 244 g/mol. The van der Waals surface area contributed by atoms with Crippen molar-refractivity contribution in [1.82, 2.24) is 10.2 Å². The van der Waals surface area contributed by atoms with E-state index < -0.39 is 5.97 Å². The highest BCUT2D eigenvalue weighted by atomic mass is 16.4. The average molecular weight is 270 g/mol. The average Bonchev–Trinajstić information content (AvgIpc) is 2.35. The van der Waals surface area contributed by atoms with Gasteiger partial charge in [-0.15, -0.1) is 0 Å². The summed E-state index contributed by atoms with van der Waals surface area (Å²) in [7, 11) is 0. The molecule has 1 saturated heterocycles. The Morgan fingerprint density at radius 2 is 1.79 bits per heavy atom. The molecule has 110 valence electrons. The Hall–Kier alpha value is -1.10. The number of piperidine rings is 1. The van der Waals surface area contributed by atoms with E-state index in [0.29, 0.717) is 19.3 Å². The lowest BCUT2D eigenvalue weighted by molar-refractivity contribution is -0.137. The smallest absolute Gasteiger partial charge is 0.303 e. The van der Waals surface area contributed by atoms with Gasteiger partial charge in [0, 0.05) is 25.4 Å². The number of rotatable bonds is 8. The minimum absolute atomic E-state index is 0.0369. The molecule has 2 N–H and O–H groups in total. The third-order valence-electron chi connectivity index (χ3n) is 3.43. The number of nitrogens with zero attached hydrogens (tertiary/aromatic N) is 1. The molecule has 1 fully saturated rings. The highest BCUT2D eigenvalue weighted by molar-refractivity contribution is 5.76. The zero-order valence-electron chi connectivity index (χ0n) is 11.9. The minimum Gasteiger partial charge on any atom is -0.481 e. The zero-order chi connectivity index (χ0) is 14.1. The molecule has 1 amide bonds. The first-order valence-electron chi connectivity index (χ1n) is 7.31. The van der Waals surface area contributed by atoms with Crippen LogP contribution in [-0.4, -0.2) is 47.6 Å². The maximum Gasteiger partial charge on any atom is 0.303 e. The van der Waals surface area contributed by atoms with Gasteiger partial charge in [0.15, 0.2) is 0 Å². The Morgan fingerprint density at radius 3 is 2.42 bits per heavy atom. The van der Waals surface area contributed by atoms with E-state index in [9.17, 15) is 9.59 Å². The van der Waals surface area contributed by atoms with Crippen LogP contribution in [0.5, 0.6) is 0 Å². The Bertz CT molecular complexity index is 288. The number of carboxylic acid groups (broad SMARTS) is 1. The second-order valence-electron chi connectivity index (χ2n) is 5.43. The minimum atomic E-state index is -0.793. The van der Waals surface area contributed by atoms with E-state index in [1.54, 1.807) is 0 Å². The molecule has 1 heterocycles. The van der Waals surface area contributed by atoms with Gasteiger partial charge >= 0.3 is 5.97 Å². The first-order chi connectivity index (χ1) is 9.08. The fourth-order valence-electron chi connectivity index (χ4n) is 2.48. The van der Waals surface area contributed by atoms with Crippen LogP contribution in [0.1, 0.15) is 51.9 Å². The number of carboxylic acids is 1. The van der Waals surface area contributed by atoms with Crippen LogP contribution < -0.4 is 5.32 Å². The maximum absolute atomic E-state index is 11.7. The molecule has 5 nitrogen and oxygen atoms in total. The molecule has 0 bridgehead atoms. The first-order valence-corrected chi connectivity index (χ1v) is 7.31. The second-order valence-corrected chi connectivity index (χ2v) is 5.43. The van der Waals surface area contributed by atoms with Crippen LogP contribution in [0.15, 0.2) is 0 Å². The Balaban J connectivity index is 2.07. The Kier molecular flexibility index (Phi) is 7.48. The monoisotopic (exact) mass is 270 g/mol. The van der Waals surface area contributed by atoms with Crippen molar-refractivity contribution in [3.8, 4) is 0 Å². The molecule has 0 saturated carbocycles. The zero-order valence-corrected chi connectivity index (χ0v) is 11.9. The summed E-state index contributed by atoms with van der Waals surface area (Å²) in [6, 6.07) is 0.171. The van der Waals surface area contributed by atoms with Gasteiger partial charge in [-0.2, -0.15) is 0 Å². The molecule has 0 aromatic carbocycles. The molecule has 19 heavy (non-hydrogen) atoms. The van der Waals surface area contributed by atoms with Crippen molar-refractivity contribution in [2.24, 2.45) is 0 Å². The molecule has 5 heteroatoms. The van der Waals surface area contributed by atoms with Crippen molar-refractivity contribution >= 4 is 11.9 Å². The Morgan fingerprint density at radius 1 is 1.16 bits per heavy atom. The predicted molar refractivity (Wildman–Crippen MR) is 74.0 cm³/mol. The van der Waals surface area contributed by atoms with E-state index >= 15 is 0 Å². The van der Waals surface area contributed by atoms with E-state index in [-0.39, 0.29) is 18.4 Å². The van der Waals surface area contributed by atoms with E-state index in [1.165, 1.54) is 19.3 Å². The summed E-state index contributed by atoms with van der Waals surface area (Å²) in [5.41, 5.74) is 0. The van der Waals surface area contributed by atoms with E-state index in [1.807, 2.05) is 6.92 Å². The van der Waals surface area contributed by atoms with Crippen LogP contribution >= 0.6 is 0 Å². The number of carbonyl (C=O) groups excluding carboxylic acids is 1. The van der Waals surface area contributed by atoms with Gasteiger partial charge in [-0.25, -0.2) is 0 Å². The number of carbonyl (C=O) groups is 2. The highest BCUT2D eigenvalue weighted by Gasteiger charge is 2.14. The summed E-state index contributed by atoms with van der Waals surface area (Å²) in [5, 5.41) is 11.5. The van der Waals surface area contributed by atoms with Crippen LogP contribution in [0.25, 0.3) is 0 Å². The lowest BCUT2D eigenvalue weighted by atomic mass is 10.1. The molecular formula is C14H26N2O3. The largest absolute Gasteiger partial charge is 0.481 e. The van der Waals surface area contributed by atoms with Crippen molar-refractivity contribution < 1.29 is 14.7 Å². The normalized spacial score (nSPS) is 17.9. The lowest BCUT2D eigenvalue weighted by Gasteiger charge is -2.29. The fraction of sp³-hybridized carbons (Fsp3) is 0.857. The summed E-state index contributed by atoms with van der Waals surface area (Å²) in [5.74, 6) is -0.756. The molecule has 1 aliphatic heterocycles. The number of amides is 1. The summed E-state index contributed by atoms with van der Waals surface area (Å²) in [6.45, 7) is 5.22. The topological polar surface area (TPSA) is 69.6 Å². The van der Waals surface area contributed by atoms with Gasteiger partial charge in [0.05, 0.1) is 0 Å². The molecule has 0 aromatic heterocycles. The summed E-state index contributed by atoms with van der Waals surface area (Å²) in [4.78, 5) is 24.4. The van der Waals surface area contributed by atoms with Gasteiger partial charge in [0.25, 0.3) is 0 Å². The van der Waals surface area contributed by atoms with Crippen molar-refractivity contribution in [3.05, 3.63) is 0 Å². The summed E-state index contributed by atoms with van der Waals surface area (Å²) >= 11 is 0. The van der Waals surface area contributed by atoms with Crippen molar-refractivity contribution in [2.45, 2.75) is 57.9 Å². The molecule has 1 atom stereocenters. The van der Waals surface area contributed by atoms with Gasteiger partial charge in [-0.3, -0.25) is 9.59 Å². The lowest BCUT2D eigenvalue weighted by Crippen LogP contribution is -2.43. The third kappa shape index (κ3) is 7.82. The van der Waals surface area contributed by atoms with Crippen molar-refractivity contribution in [2.75, 3.05) is 19.6 Å². The number of nitrogens with one attached hydrogen (secondary N) is 1. The number of hydrogen-bond donors (Lipinski definition) is 2. The SMILES string of the molecule is CC(CN1CCCCC1)NC(=O)CCCCC(=O)O. The standard InChI is InChI=1S/C14H26N2O3/c1-12(11-16-9-5-2-6-10-16)15-13(17)7-3-4-8-14(18)19/h12H,2-11H2,1H3,(H,15,17)(H,18,19). The van der Waals surface area contributed by atoms with Crippen molar-refractivity contribution in [3.63, 3.8) is 0 Å². The number of hydrogen-bond acceptors (Lipinski definition) is 3. The number of likely N-dealkylation sites (tertiary alicyclic amines) is 1. The number of unbranched alkanes of at least 4 members (excludes halogenated alkanes) is 1. The predicted octanol–water partition coefficient (Wildman–Crippen LogP) is 1.62. The maximum atomic E-state index is 11.7. The molecule has 0 aliphatic carbocycles. The van der Waals surface area contributed by atoms with Crippen LogP contribution in [-0.2, 0) is 9.59 Å². The van der Waals surface area contributed by atoms with E-state index in [2.05, 4.69) is 10.2 Å². The molecule has 0 aromatic rings. The van der Waals surface area contributed by atoms with Gasteiger partial charge in [-0.1, -0.05) is 6.42 Å². The van der Waals surface area contributed by atoms with Crippen LogP contribution in [0, 0.1) is 0 Å². The van der Waals surface area contributed by atoms with Gasteiger partial charge in [-0.05, 0) is 45.7 Å². The summed E-state index contributed by atoms with van der Waals surface area (Å²) in [6.07, 6.45) is 5.64. The molecule has 0 spiro atoms. The van der Waals surface area contributed by atoms with E-state index in [4.69, 9.17) is 5.11 Å². The van der Waals surface area contributed by atoms with Crippen molar-refractivity contribution in [1.29, 1.82) is 0 Å². The second kappa shape index (κ2) is 8.91. The quantitative estimate of drug-likeness (QED) is 0.658. The molecule has 1 rings (SSSR count). The molecule has 1 unspecified atom stereocenters. The molecule has 1 aliphatic rings. The fourth-order valence-corrected chi connectivity index (χ4v) is 2.48. The Labute approximate surface area is 115 Å². The third-order valence-corrected chi connectivity index (χ3v) is 3.43. The van der Waals surface area contributed by atoms with Crippen LogP contribution in [0.4, 0.5) is 0 Å². The van der Waals surface area contributed by atoms with E-state index in [0.717, 1.165) is 19.6 Å².